The van der Waals surface area contributed by atoms with Gasteiger partial charge in [-0.3, -0.25) is 15.2 Å². The van der Waals surface area contributed by atoms with Gasteiger partial charge in [0.05, 0.1) is 10.6 Å². The second kappa shape index (κ2) is 9.24. The van der Waals surface area contributed by atoms with E-state index in [2.05, 4.69) is 21.1 Å². The normalized spacial score (nSPS) is 16.4. The topological polar surface area (TPSA) is 91.0 Å². The largest absolute Gasteiger partial charge is 0.487 e. The summed E-state index contributed by atoms with van der Waals surface area (Å²) >= 11 is 7.66. The number of rotatable bonds is 5. The third-order valence-corrected chi connectivity index (χ3v) is 6.36. The number of carbonyl (C=O) groups excluding carboxylic acids is 1. The van der Waals surface area contributed by atoms with E-state index in [-0.39, 0.29) is 11.4 Å². The summed E-state index contributed by atoms with van der Waals surface area (Å²) in [6, 6.07) is 17.0. The lowest BCUT2D eigenvalue weighted by atomic mass is 10.1. The van der Waals surface area contributed by atoms with Crippen molar-refractivity contribution in [1.29, 1.82) is 5.41 Å². The molecule has 1 aromatic heterocycles. The fourth-order valence-corrected chi connectivity index (χ4v) is 4.58. The summed E-state index contributed by atoms with van der Waals surface area (Å²) in [5.41, 5.74) is 3.79. The summed E-state index contributed by atoms with van der Waals surface area (Å²) < 4.78 is 5.86. The van der Waals surface area contributed by atoms with Crippen molar-refractivity contribution in [2.24, 2.45) is 10.1 Å². The number of nitrogens with zero attached hydrogens (tertiary/aromatic N) is 4. The second-order valence-electron chi connectivity index (χ2n) is 7.63. The minimum atomic E-state index is -0.498. The summed E-state index contributed by atoms with van der Waals surface area (Å²) in [6.45, 7) is 2.42. The van der Waals surface area contributed by atoms with Crippen molar-refractivity contribution in [2.75, 3.05) is 0 Å². The standard InChI is InChI=1S/C25H18ClN5O2S/c1-15-4-2-5-17(10-15)14-33-21-8-7-16(12-20(21)26)11-19-22(27)31-25(29-23(19)32)34-24(30-31)18-6-3-9-28-13-18/h2-13,27H,14H2,1H3. The molecule has 0 atom stereocenters. The average molecular weight is 488 g/mol. The number of pyridine rings is 1. The Labute approximate surface area is 205 Å². The van der Waals surface area contributed by atoms with Gasteiger partial charge in [-0.05, 0) is 60.2 Å². The Hall–Kier alpha value is -3.75. The Morgan fingerprint density at radius 3 is 2.82 bits per heavy atom. The van der Waals surface area contributed by atoms with Crippen LogP contribution in [0.3, 0.4) is 0 Å². The predicted molar refractivity (Wildman–Crippen MR) is 135 cm³/mol. The van der Waals surface area contributed by atoms with Crippen LogP contribution in [0.1, 0.15) is 22.3 Å². The molecule has 0 unspecified atom stereocenters. The highest BCUT2D eigenvalue weighted by Gasteiger charge is 2.36. The Kier molecular flexibility index (Phi) is 6.00. The van der Waals surface area contributed by atoms with Crippen molar-refractivity contribution >= 4 is 51.4 Å². The van der Waals surface area contributed by atoms with Gasteiger partial charge in [0.15, 0.2) is 5.84 Å². The molecular weight excluding hydrogens is 470 g/mol. The van der Waals surface area contributed by atoms with E-state index >= 15 is 0 Å². The summed E-state index contributed by atoms with van der Waals surface area (Å²) in [6.07, 6.45) is 4.94. The highest BCUT2D eigenvalue weighted by molar-refractivity contribution is 8.27. The van der Waals surface area contributed by atoms with Crippen LogP contribution in [0.25, 0.3) is 6.08 Å². The second-order valence-corrected chi connectivity index (χ2v) is 9.00. The van der Waals surface area contributed by atoms with E-state index in [0.717, 1.165) is 16.7 Å². The number of fused-ring (bicyclic) bond motifs is 1. The highest BCUT2D eigenvalue weighted by Crippen LogP contribution is 2.32. The summed E-state index contributed by atoms with van der Waals surface area (Å²) in [7, 11) is 0. The Morgan fingerprint density at radius 1 is 1.18 bits per heavy atom. The Morgan fingerprint density at radius 2 is 2.06 bits per heavy atom. The highest BCUT2D eigenvalue weighted by atomic mass is 35.5. The Balaban J connectivity index is 1.35. The zero-order chi connectivity index (χ0) is 23.7. The predicted octanol–water partition coefficient (Wildman–Crippen LogP) is 5.29. The first-order chi connectivity index (χ1) is 16.5. The molecular formula is C25H18ClN5O2S. The van der Waals surface area contributed by atoms with Gasteiger partial charge in [0.1, 0.15) is 17.4 Å². The zero-order valence-corrected chi connectivity index (χ0v) is 19.6. The van der Waals surface area contributed by atoms with E-state index in [0.29, 0.717) is 33.2 Å². The van der Waals surface area contributed by atoms with Gasteiger partial charge in [0.2, 0.25) is 5.17 Å². The maximum Gasteiger partial charge on any atom is 0.283 e. The maximum atomic E-state index is 12.7. The van der Waals surface area contributed by atoms with Crippen LogP contribution in [-0.2, 0) is 11.4 Å². The monoisotopic (exact) mass is 487 g/mol. The molecule has 0 radical (unpaired) electrons. The number of hydrogen-bond donors (Lipinski definition) is 1. The lowest BCUT2D eigenvalue weighted by Gasteiger charge is -2.20. The van der Waals surface area contributed by atoms with Crippen LogP contribution >= 0.6 is 23.4 Å². The molecule has 2 aromatic carbocycles. The molecule has 0 saturated carbocycles. The fourth-order valence-electron chi connectivity index (χ4n) is 3.45. The van der Waals surface area contributed by atoms with E-state index < -0.39 is 5.91 Å². The van der Waals surface area contributed by atoms with Crippen LogP contribution in [0.2, 0.25) is 5.02 Å². The van der Waals surface area contributed by atoms with Gasteiger partial charge < -0.3 is 4.74 Å². The molecule has 0 saturated heterocycles. The molecule has 168 valence electrons. The van der Waals surface area contributed by atoms with Crippen LogP contribution < -0.4 is 4.74 Å². The van der Waals surface area contributed by atoms with Gasteiger partial charge in [-0.2, -0.15) is 15.1 Å². The number of aryl methyl sites for hydroxylation is 1. The number of benzene rings is 2. The molecule has 1 amide bonds. The third kappa shape index (κ3) is 4.50. The van der Waals surface area contributed by atoms with Crippen molar-refractivity contribution in [3.05, 3.63) is 99.8 Å². The van der Waals surface area contributed by atoms with Crippen molar-refractivity contribution in [1.82, 2.24) is 9.99 Å². The minimum absolute atomic E-state index is 0.0442. The first kappa shape index (κ1) is 22.1. The van der Waals surface area contributed by atoms with E-state index in [1.54, 1.807) is 42.7 Å². The summed E-state index contributed by atoms with van der Waals surface area (Å²) in [5.74, 6) is -0.00287. The van der Waals surface area contributed by atoms with E-state index in [4.69, 9.17) is 21.7 Å². The molecule has 2 aliphatic rings. The lowest BCUT2D eigenvalue weighted by molar-refractivity contribution is -0.114. The van der Waals surface area contributed by atoms with Crippen molar-refractivity contribution in [2.45, 2.75) is 13.5 Å². The molecule has 3 heterocycles. The number of aromatic nitrogens is 1. The summed E-state index contributed by atoms with van der Waals surface area (Å²) in [4.78, 5) is 20.9. The summed E-state index contributed by atoms with van der Waals surface area (Å²) in [5, 5.41) is 15.8. The molecule has 0 fully saturated rings. The van der Waals surface area contributed by atoms with Crippen molar-refractivity contribution in [3.8, 4) is 5.75 Å². The van der Waals surface area contributed by atoms with E-state index in [1.165, 1.54) is 16.8 Å². The third-order valence-electron chi connectivity index (χ3n) is 5.11. The van der Waals surface area contributed by atoms with Crippen molar-refractivity contribution < 1.29 is 9.53 Å². The molecule has 5 rings (SSSR count). The number of amidine groups is 2. The Bertz CT molecular complexity index is 1400. The van der Waals surface area contributed by atoms with E-state index in [9.17, 15) is 4.79 Å². The molecule has 2 aliphatic heterocycles. The van der Waals surface area contributed by atoms with Gasteiger partial charge >= 0.3 is 0 Å². The van der Waals surface area contributed by atoms with E-state index in [1.807, 2.05) is 31.2 Å². The molecule has 0 bridgehead atoms. The first-order valence-electron chi connectivity index (χ1n) is 10.4. The van der Waals surface area contributed by atoms with Gasteiger partial charge in [0, 0.05) is 18.0 Å². The number of amides is 1. The number of aliphatic imine (C=N–C) groups is 1. The molecule has 0 spiro atoms. The smallest absolute Gasteiger partial charge is 0.283 e. The van der Waals surface area contributed by atoms with Crippen LogP contribution in [0.5, 0.6) is 5.75 Å². The van der Waals surface area contributed by atoms with Crippen LogP contribution in [0.15, 0.2) is 82.7 Å². The first-order valence-corrected chi connectivity index (χ1v) is 11.6. The number of hydrogen-bond acceptors (Lipinski definition) is 6. The SMILES string of the molecule is Cc1cccc(COc2ccc(C=C3C(=N)N4N=C(c5cccnc5)SC4=NC3=O)cc2Cl)c1. The maximum absolute atomic E-state index is 12.7. The fraction of sp³-hybridized carbons (Fsp3) is 0.0800. The van der Waals surface area contributed by atoms with Crippen molar-refractivity contribution in [3.63, 3.8) is 0 Å². The average Bonchev–Trinajstić information content (AvgIpc) is 3.26. The number of carbonyl (C=O) groups is 1. The molecule has 0 aliphatic carbocycles. The zero-order valence-electron chi connectivity index (χ0n) is 18.0. The number of ether oxygens (including phenoxy) is 1. The minimum Gasteiger partial charge on any atom is -0.487 e. The van der Waals surface area contributed by atoms with Gasteiger partial charge in [0.25, 0.3) is 5.91 Å². The molecule has 7 nitrogen and oxygen atoms in total. The molecule has 9 heteroatoms. The molecule has 3 aromatic rings. The number of halogens is 1. The van der Waals surface area contributed by atoms with Gasteiger partial charge in [-0.25, -0.2) is 0 Å². The van der Waals surface area contributed by atoms with Crippen LogP contribution in [0, 0.1) is 12.3 Å². The number of hydrazone groups is 1. The number of nitrogens with one attached hydrogen (secondary N) is 1. The lowest BCUT2D eigenvalue weighted by Crippen LogP contribution is -2.35. The molecule has 1 N–H and O–H groups in total. The van der Waals surface area contributed by atoms with Crippen LogP contribution in [0.4, 0.5) is 0 Å². The number of thioether (sulfide) groups is 1. The quantitative estimate of drug-likeness (QED) is 0.494. The van der Waals surface area contributed by atoms with Gasteiger partial charge in [-0.1, -0.05) is 47.5 Å². The van der Waals surface area contributed by atoms with Gasteiger partial charge in [-0.15, -0.1) is 0 Å². The molecule has 34 heavy (non-hydrogen) atoms. The van der Waals surface area contributed by atoms with Crippen LogP contribution in [-0.4, -0.2) is 31.9 Å².